The number of imide groups is 2. The number of nitrogens with zero attached hydrogens (tertiary/aromatic N) is 6. The van der Waals surface area contributed by atoms with Crippen LogP contribution in [-0.2, 0) is 103 Å². The number of nitrogens with two attached hydrogens (primary N) is 4. The Morgan fingerprint density at radius 2 is 0.910 bits per heavy atom. The molecule has 0 spiro atoms. The molecule has 2 saturated carbocycles. The molecule has 5 aliphatic carbocycles. The number of rotatable bonds is 51. The fourth-order valence-corrected chi connectivity index (χ4v) is 22.4. The highest BCUT2D eigenvalue weighted by Crippen LogP contribution is 2.54. The number of ketones is 2. The molecule has 8 aromatic rings. The largest absolute Gasteiger partial charge is 1.00 e. The molecule has 7 aliphatic rings. The Morgan fingerprint density at radius 3 is 1.31 bits per heavy atom. The number of aromatic nitrogens is 4. The molecule has 3 fully saturated rings. The first-order valence-electron chi connectivity index (χ1n) is 49.8. The van der Waals surface area contributed by atoms with Crippen molar-refractivity contribution in [2.75, 3.05) is 60.7 Å². The molecule has 6 heterocycles. The van der Waals surface area contributed by atoms with E-state index in [4.69, 9.17) is 30.1 Å². The van der Waals surface area contributed by atoms with Gasteiger partial charge in [0.05, 0.1) is 102 Å². The Balaban J connectivity index is 0.00000880. The van der Waals surface area contributed by atoms with Crippen LogP contribution in [0.3, 0.4) is 0 Å². The van der Waals surface area contributed by atoms with Crippen LogP contribution in [-0.4, -0.2) is 181 Å². The lowest BCUT2D eigenvalue weighted by Crippen LogP contribution is -3.00. The van der Waals surface area contributed by atoms with Crippen molar-refractivity contribution in [3.8, 4) is 0 Å². The zero-order valence-electron chi connectivity index (χ0n) is 81.8. The zero-order valence-corrected chi connectivity index (χ0v) is 87.8. The number of aryl methyl sites for hydroxylation is 2. The fourth-order valence-electron chi connectivity index (χ4n) is 21.7. The molecule has 4 aromatic carbocycles. The summed E-state index contributed by atoms with van der Waals surface area (Å²) in [4.78, 5) is 165. The quantitative estimate of drug-likeness (QED) is 0.0112. The molecule has 145 heavy (non-hydrogen) atoms. The third-order valence-corrected chi connectivity index (χ3v) is 30.1. The molecular formula is C103H132I2N18O20S2. The van der Waals surface area contributed by atoms with E-state index < -0.39 is 140 Å². The number of urea groups is 2. The van der Waals surface area contributed by atoms with Crippen molar-refractivity contribution in [3.63, 3.8) is 0 Å². The van der Waals surface area contributed by atoms with E-state index in [0.29, 0.717) is 102 Å². The van der Waals surface area contributed by atoms with Gasteiger partial charge in [0.25, 0.3) is 23.1 Å². The predicted molar refractivity (Wildman–Crippen MR) is 531 cm³/mol. The number of halogens is 2. The van der Waals surface area contributed by atoms with Crippen LogP contribution in [0.2, 0.25) is 0 Å². The molecule has 13 atom stereocenters. The number of amides is 12. The molecule has 2 aliphatic heterocycles. The van der Waals surface area contributed by atoms with Gasteiger partial charge in [0.15, 0.2) is 11.6 Å². The maximum atomic E-state index is 14.3. The molecule has 38 nitrogen and oxygen atoms in total. The molecule has 1 unspecified atom stereocenters. The van der Waals surface area contributed by atoms with Gasteiger partial charge in [-0.05, 0) is 172 Å². The number of aliphatic hydroxyl groups is 2. The van der Waals surface area contributed by atoms with Crippen LogP contribution in [0.5, 0.6) is 0 Å². The second kappa shape index (κ2) is 49.5. The third-order valence-electron chi connectivity index (χ3n) is 29.1. The van der Waals surface area contributed by atoms with Crippen molar-refractivity contribution in [1.82, 2.24) is 40.2 Å². The number of aliphatic hydroxyl groups excluding tert-OH is 2. The van der Waals surface area contributed by atoms with Gasteiger partial charge in [-0.15, -0.1) is 0 Å². The van der Waals surface area contributed by atoms with Gasteiger partial charge in [-0.25, -0.2) is 38.1 Å². The summed E-state index contributed by atoms with van der Waals surface area (Å²) in [6.07, 6.45) is 14.2. The van der Waals surface area contributed by atoms with E-state index in [1.54, 1.807) is 52.0 Å². The van der Waals surface area contributed by atoms with Gasteiger partial charge < -0.3 is 112 Å². The average Bonchev–Trinajstić information content (AvgIpc) is 1.53. The number of benzene rings is 4. The lowest BCUT2D eigenvalue weighted by Gasteiger charge is -2.24. The molecule has 18 N–H and O–H groups in total. The summed E-state index contributed by atoms with van der Waals surface area (Å²) in [7, 11) is -8.45. The molecular weight excluding hydrogens is 2130 g/mol. The second-order valence-electron chi connectivity index (χ2n) is 39.9. The number of unbranched alkanes of at least 4 members (excludes halogenated alkanes) is 4. The van der Waals surface area contributed by atoms with E-state index in [1.165, 1.54) is 22.3 Å². The van der Waals surface area contributed by atoms with Crippen molar-refractivity contribution in [2.24, 2.45) is 69.1 Å². The van der Waals surface area contributed by atoms with Crippen LogP contribution in [0.25, 0.3) is 22.1 Å². The van der Waals surface area contributed by atoms with Crippen LogP contribution in [0.4, 0.5) is 32.3 Å². The maximum absolute atomic E-state index is 14.3. The smallest absolute Gasteiger partial charge is 0.333 e. The number of carbonyl (C=O) groups is 12. The Labute approximate surface area is 877 Å². The Hall–Kier alpha value is -11.2. The summed E-state index contributed by atoms with van der Waals surface area (Å²) in [5.41, 5.74) is 22.5. The number of pyridine rings is 2. The second-order valence-corrected chi connectivity index (χ2v) is 42.3. The summed E-state index contributed by atoms with van der Waals surface area (Å²) < 4.78 is 65.3. The highest BCUT2D eigenvalue weighted by Gasteiger charge is 2.62. The van der Waals surface area contributed by atoms with Crippen molar-refractivity contribution in [2.45, 2.75) is 237 Å². The summed E-state index contributed by atoms with van der Waals surface area (Å²) in [6, 6.07) is 35.9. The van der Waals surface area contributed by atoms with Crippen LogP contribution in [0, 0.1) is 47.3 Å². The summed E-state index contributed by atoms with van der Waals surface area (Å²) in [5.74, 6) is -9.64. The number of nitrogens with one attached hydrogen (secondary N) is 8. The van der Waals surface area contributed by atoms with Crippen molar-refractivity contribution >= 4 is 136 Å². The van der Waals surface area contributed by atoms with E-state index in [-0.39, 0.29) is 191 Å². The van der Waals surface area contributed by atoms with Gasteiger partial charge in [0.2, 0.25) is 35.4 Å². The predicted octanol–water partition coefficient (Wildman–Crippen LogP) is 2.24. The van der Waals surface area contributed by atoms with E-state index in [0.717, 1.165) is 80.1 Å². The number of hydrogen-bond donors (Lipinski definition) is 14. The molecule has 15 rings (SSSR count). The summed E-state index contributed by atoms with van der Waals surface area (Å²) in [6.45, 7) is 7.80. The molecule has 1 saturated heterocycles. The molecule has 42 heteroatoms. The topological polar surface area (TPSA) is 556 Å². The summed E-state index contributed by atoms with van der Waals surface area (Å²) >= 11 is 0. The highest BCUT2D eigenvalue weighted by molar-refractivity contribution is 7.84. The van der Waals surface area contributed by atoms with Gasteiger partial charge in [-0.1, -0.05) is 113 Å². The first-order chi connectivity index (χ1) is 68.4. The minimum Gasteiger partial charge on any atom is -1.00 e. The Morgan fingerprint density at radius 1 is 0.503 bits per heavy atom. The van der Waals surface area contributed by atoms with Gasteiger partial charge in [0.1, 0.15) is 25.2 Å². The minimum absolute atomic E-state index is 0. The highest BCUT2D eigenvalue weighted by atomic mass is 127. The number of fused-ring (bicyclic) bond motifs is 4. The van der Waals surface area contributed by atoms with Gasteiger partial charge >= 0.3 is 32.7 Å². The van der Waals surface area contributed by atoms with E-state index in [2.05, 4.69) is 85.1 Å². The van der Waals surface area contributed by atoms with E-state index in [9.17, 15) is 84.6 Å². The normalized spacial score (nSPS) is 20.5. The summed E-state index contributed by atoms with van der Waals surface area (Å²) in [5, 5.41) is 58.9. The van der Waals surface area contributed by atoms with Crippen LogP contribution in [0.15, 0.2) is 157 Å². The van der Waals surface area contributed by atoms with E-state index >= 15 is 0 Å². The molecule has 0 radical (unpaired) electrons. The SMILES string of the molecule is CC(C)[C@@H](NC(=O)CCCCCN1C(=O)C2=C(C1=O)C2C1CC(=O)N(CCCCCC(=O)N[C@@H](C(=O)C[C@H](CCCNC(N)=O)C(=O)Nc2ccc(C[n+]3ccc(N[C@H]4CCc5ccccc54)c4ccn([C@@H]5C[C@@H](COS(N)(=O)=O)[C@@H](O)C5)c43)cc2)C(C)C)C1=O)C(=O)C[C@H](CCCNC(N)=O)C(=O)Nc1ccc(C[n+]2ccc(N[C@H]3CCc4ccccc43)c3ccn([C@@H]4C[C@@H](COS(N)(=O)=O)[C@@H](O)C4)c32)cc1.[I-].[I-]. The molecule has 780 valence electrons. The first kappa shape index (κ1) is 111. The van der Waals surface area contributed by atoms with Gasteiger partial charge in [-0.3, -0.25) is 66.1 Å². The number of hydrogen-bond acceptors (Lipinski definition) is 22. The van der Waals surface area contributed by atoms with Crippen molar-refractivity contribution in [1.29, 1.82) is 0 Å². The van der Waals surface area contributed by atoms with Crippen LogP contribution >= 0.6 is 0 Å². The monoisotopic (exact) mass is 2260 g/mol. The van der Waals surface area contributed by atoms with Gasteiger partial charge in [-0.2, -0.15) is 16.8 Å². The number of anilines is 4. The number of carbonyl (C=O) groups excluding carboxylic acids is 12. The maximum Gasteiger partial charge on any atom is 0.333 e. The lowest BCUT2D eigenvalue weighted by molar-refractivity contribution is -0.665. The zero-order chi connectivity index (χ0) is 102. The number of primary amides is 2. The number of piperidine rings is 1. The number of likely N-dealkylation sites (tertiary alicyclic amines) is 2. The molecule has 12 amide bonds. The Bertz CT molecular complexity index is 6370. The fraction of sp³-hybridized carbons (Fsp3) is 0.495. The number of Topliss-reactive ketones (excluding diaryl/α,β-unsaturated/α-hetero) is 2. The van der Waals surface area contributed by atoms with Crippen molar-refractivity contribution in [3.05, 3.63) is 191 Å². The molecule has 0 bridgehead atoms. The van der Waals surface area contributed by atoms with Gasteiger partial charge in [0, 0.05) is 135 Å². The Kier molecular flexibility index (Phi) is 37.9. The standard InChI is InChI=1S/C103H130N18O20S2.2HI/c1-60(2)93(85(124)51-66(19-15-41-108-102(104)134)95(129)110-70-31-25-62(26-32-70)56-116-45-39-81(112-79-35-29-64-17-9-11-21-74(64)79)76-37-47-118(97(76)116)72-49-68(83(122)53-72)58-140-142(106,136)137)114-87(126)23-7-5-13-43-120-89(128)55-78(99(120)131)90-91-92(90)101(133)121(100(91)132)44-14-6-8-24-88(127)115-94(61(3)4)86(125)52-67(20-16-42-109-103(105)135)96(130)111-71-33-27-63(28-34-71)57-117-46-40-82(113-80-36-30-65-18-10-12-22-75(65)80)77-38-48-119(98(77)117)73-50-69(84(123)54-73)59-141-143(107,138)139;;/h9-12,17-18,21-22,25-28,31-34,37-40,45-48,60-61,66-69,72-73,78-80,83-84,90,93-94,122-123H,5-8,13-16,19-20,23-24,29-30,35-36,41-44,49-59H2,1-4H3,(H14,104,105,106,107,108,109,110,111,114,115,126,127,129,130,134,135,136,137,138,139);2*1H/t66-,67-,68-,69-,72+,73+,78?,79-,80-,83-,84-,93+,94+;;/m0../s1. The first-order valence-corrected chi connectivity index (χ1v) is 52.7. The lowest BCUT2D eigenvalue weighted by atomic mass is 9.89. The van der Waals surface area contributed by atoms with E-state index in [1.807, 2.05) is 97.6 Å². The molecule has 4 aromatic heterocycles. The van der Waals surface area contributed by atoms with Crippen LogP contribution in [0.1, 0.15) is 220 Å². The van der Waals surface area contributed by atoms with Crippen LogP contribution < -0.4 is 121 Å². The van der Waals surface area contributed by atoms with Crippen molar-refractivity contribution < 1.29 is 150 Å². The third kappa shape index (κ3) is 28.0. The minimum atomic E-state index is -4.23. The average molecular weight is 2260 g/mol.